The highest BCUT2D eigenvalue weighted by Crippen LogP contribution is 2.24. The SMILES string of the molecule is Cc1ccc(Cc2nc3c(c(=O)[nH]2)CN(S(=O)(=O)c2ccc(Br)cc2)CC3)cc1. The Bertz CT molecular complexity index is 1200. The number of aryl methyl sites for hydroxylation is 1. The van der Waals surface area contributed by atoms with Crippen LogP contribution in [0.3, 0.4) is 0 Å². The first-order valence-corrected chi connectivity index (χ1v) is 11.5. The zero-order valence-electron chi connectivity index (χ0n) is 15.9. The first kappa shape index (κ1) is 20.0. The molecule has 0 atom stereocenters. The predicted octanol–water partition coefficient (Wildman–Crippen LogP) is 3.18. The first-order valence-electron chi connectivity index (χ1n) is 9.25. The number of nitrogens with zero attached hydrogens (tertiary/aromatic N) is 2. The number of H-pyrrole nitrogens is 1. The van der Waals surface area contributed by atoms with Gasteiger partial charge >= 0.3 is 0 Å². The maximum absolute atomic E-state index is 12.9. The Hall–Kier alpha value is -2.29. The van der Waals surface area contributed by atoms with Crippen molar-refractivity contribution in [2.24, 2.45) is 0 Å². The molecule has 0 spiro atoms. The van der Waals surface area contributed by atoms with Gasteiger partial charge in [-0.1, -0.05) is 45.8 Å². The molecular weight excluding hydrogens is 454 g/mol. The Morgan fingerprint density at radius 1 is 1.10 bits per heavy atom. The second-order valence-corrected chi connectivity index (χ2v) is 10.00. The van der Waals surface area contributed by atoms with Gasteiger partial charge in [-0.05, 0) is 36.8 Å². The summed E-state index contributed by atoms with van der Waals surface area (Å²) in [6.07, 6.45) is 0.944. The molecule has 6 nitrogen and oxygen atoms in total. The molecule has 1 aromatic heterocycles. The Balaban J connectivity index is 1.59. The van der Waals surface area contributed by atoms with E-state index in [2.05, 4.69) is 25.9 Å². The number of halogens is 1. The van der Waals surface area contributed by atoms with E-state index in [0.717, 1.165) is 10.0 Å². The van der Waals surface area contributed by atoms with Crippen LogP contribution in [0.15, 0.2) is 62.7 Å². The lowest BCUT2D eigenvalue weighted by molar-refractivity contribution is 0.384. The van der Waals surface area contributed by atoms with Gasteiger partial charge in [0.15, 0.2) is 0 Å². The lowest BCUT2D eigenvalue weighted by Crippen LogP contribution is -2.39. The van der Waals surface area contributed by atoms with Crippen LogP contribution in [0.4, 0.5) is 0 Å². The molecule has 0 fully saturated rings. The maximum atomic E-state index is 12.9. The highest BCUT2D eigenvalue weighted by Gasteiger charge is 2.30. The lowest BCUT2D eigenvalue weighted by Gasteiger charge is -2.27. The van der Waals surface area contributed by atoms with Gasteiger partial charge in [0.05, 0.1) is 16.2 Å². The minimum absolute atomic E-state index is 0.0286. The zero-order valence-corrected chi connectivity index (χ0v) is 18.3. The van der Waals surface area contributed by atoms with E-state index in [4.69, 9.17) is 0 Å². The summed E-state index contributed by atoms with van der Waals surface area (Å²) >= 11 is 3.31. The third-order valence-electron chi connectivity index (χ3n) is 5.03. The molecule has 0 saturated carbocycles. The number of aromatic nitrogens is 2. The third kappa shape index (κ3) is 4.19. The average molecular weight is 474 g/mol. The molecule has 1 aliphatic rings. The summed E-state index contributed by atoms with van der Waals surface area (Å²) in [7, 11) is -3.67. The lowest BCUT2D eigenvalue weighted by atomic mass is 10.1. The Morgan fingerprint density at radius 3 is 2.48 bits per heavy atom. The molecule has 8 heteroatoms. The van der Waals surface area contributed by atoms with Crippen LogP contribution < -0.4 is 5.56 Å². The van der Waals surface area contributed by atoms with Gasteiger partial charge in [-0.3, -0.25) is 4.79 Å². The summed E-state index contributed by atoms with van der Waals surface area (Å²) in [6.45, 7) is 2.35. The van der Waals surface area contributed by atoms with Crippen LogP contribution in [0, 0.1) is 6.92 Å². The normalized spacial score (nSPS) is 14.6. The van der Waals surface area contributed by atoms with Gasteiger partial charge in [0.25, 0.3) is 5.56 Å². The number of hydrogen-bond donors (Lipinski definition) is 1. The van der Waals surface area contributed by atoms with Crippen molar-refractivity contribution >= 4 is 26.0 Å². The fraction of sp³-hybridized carbons (Fsp3) is 0.238. The van der Waals surface area contributed by atoms with Crippen LogP contribution in [-0.4, -0.2) is 29.2 Å². The molecule has 2 heterocycles. The summed E-state index contributed by atoms with van der Waals surface area (Å²) in [5.41, 5.74) is 3.07. The number of fused-ring (bicyclic) bond motifs is 1. The zero-order chi connectivity index (χ0) is 20.6. The van der Waals surface area contributed by atoms with Crippen LogP contribution >= 0.6 is 15.9 Å². The highest BCUT2D eigenvalue weighted by atomic mass is 79.9. The molecule has 0 radical (unpaired) electrons. The predicted molar refractivity (Wildman–Crippen MR) is 114 cm³/mol. The number of aromatic amines is 1. The molecule has 3 aromatic rings. The summed E-state index contributed by atoms with van der Waals surface area (Å²) in [6, 6.07) is 14.6. The monoisotopic (exact) mass is 473 g/mol. The van der Waals surface area contributed by atoms with Crippen molar-refractivity contribution in [3.05, 3.63) is 91.6 Å². The molecule has 2 aromatic carbocycles. The topological polar surface area (TPSA) is 83.1 Å². The summed E-state index contributed by atoms with van der Waals surface area (Å²) in [5, 5.41) is 0. The van der Waals surface area contributed by atoms with Crippen molar-refractivity contribution in [1.29, 1.82) is 0 Å². The molecule has 0 bridgehead atoms. The second kappa shape index (κ2) is 7.85. The first-order chi connectivity index (χ1) is 13.8. The van der Waals surface area contributed by atoms with Crippen molar-refractivity contribution in [1.82, 2.24) is 14.3 Å². The van der Waals surface area contributed by atoms with E-state index in [1.807, 2.05) is 31.2 Å². The van der Waals surface area contributed by atoms with E-state index in [9.17, 15) is 13.2 Å². The van der Waals surface area contributed by atoms with Crippen molar-refractivity contribution in [3.8, 4) is 0 Å². The fourth-order valence-corrected chi connectivity index (χ4v) is 5.07. The Morgan fingerprint density at radius 2 is 1.79 bits per heavy atom. The van der Waals surface area contributed by atoms with Crippen LogP contribution in [0.25, 0.3) is 0 Å². The molecule has 29 heavy (non-hydrogen) atoms. The van der Waals surface area contributed by atoms with Crippen LogP contribution in [0.2, 0.25) is 0 Å². The average Bonchev–Trinajstić information content (AvgIpc) is 2.70. The number of benzene rings is 2. The van der Waals surface area contributed by atoms with E-state index in [1.165, 1.54) is 9.87 Å². The molecule has 4 rings (SSSR count). The van der Waals surface area contributed by atoms with E-state index < -0.39 is 10.0 Å². The van der Waals surface area contributed by atoms with Gasteiger partial charge in [-0.25, -0.2) is 13.4 Å². The number of sulfonamides is 1. The molecule has 0 unspecified atom stereocenters. The van der Waals surface area contributed by atoms with Gasteiger partial charge in [-0.15, -0.1) is 0 Å². The van der Waals surface area contributed by atoms with E-state index in [0.29, 0.717) is 36.5 Å². The van der Waals surface area contributed by atoms with Gasteiger partial charge in [0.2, 0.25) is 10.0 Å². The fourth-order valence-electron chi connectivity index (χ4n) is 3.40. The van der Waals surface area contributed by atoms with E-state index in [-0.39, 0.29) is 17.0 Å². The van der Waals surface area contributed by atoms with Crippen LogP contribution in [0.5, 0.6) is 0 Å². The largest absolute Gasteiger partial charge is 0.310 e. The molecule has 0 aliphatic carbocycles. The molecule has 1 aliphatic heterocycles. The standard InChI is InChI=1S/C21H20BrN3O3S/c1-14-2-4-15(5-3-14)12-20-23-19-10-11-25(13-18(19)21(26)24-20)29(27,28)17-8-6-16(22)7-9-17/h2-9H,10-13H2,1H3,(H,23,24,26). The molecule has 0 amide bonds. The van der Waals surface area contributed by atoms with Crippen molar-refractivity contribution in [2.75, 3.05) is 6.54 Å². The van der Waals surface area contributed by atoms with Gasteiger partial charge < -0.3 is 4.98 Å². The van der Waals surface area contributed by atoms with Crippen molar-refractivity contribution in [3.63, 3.8) is 0 Å². The van der Waals surface area contributed by atoms with Crippen molar-refractivity contribution < 1.29 is 8.42 Å². The Kier molecular flexibility index (Phi) is 5.42. The van der Waals surface area contributed by atoms with Crippen LogP contribution in [-0.2, 0) is 29.4 Å². The van der Waals surface area contributed by atoms with Gasteiger partial charge in [0, 0.05) is 30.4 Å². The maximum Gasteiger partial charge on any atom is 0.255 e. The smallest absolute Gasteiger partial charge is 0.255 e. The minimum Gasteiger partial charge on any atom is -0.310 e. The molecule has 150 valence electrons. The van der Waals surface area contributed by atoms with E-state index in [1.54, 1.807) is 24.3 Å². The van der Waals surface area contributed by atoms with Gasteiger partial charge in [-0.2, -0.15) is 4.31 Å². The highest BCUT2D eigenvalue weighted by molar-refractivity contribution is 9.10. The minimum atomic E-state index is -3.67. The molecule has 0 saturated heterocycles. The number of hydrogen-bond acceptors (Lipinski definition) is 4. The third-order valence-corrected chi connectivity index (χ3v) is 7.41. The van der Waals surface area contributed by atoms with E-state index >= 15 is 0 Å². The second-order valence-electron chi connectivity index (χ2n) is 7.14. The molecule has 1 N–H and O–H groups in total. The number of rotatable bonds is 4. The summed E-state index contributed by atoms with van der Waals surface area (Å²) in [4.78, 5) is 20.3. The van der Waals surface area contributed by atoms with Crippen molar-refractivity contribution in [2.45, 2.75) is 31.2 Å². The quantitative estimate of drug-likeness (QED) is 0.630. The summed E-state index contributed by atoms with van der Waals surface area (Å²) < 4.78 is 28.0. The van der Waals surface area contributed by atoms with Gasteiger partial charge in [0.1, 0.15) is 5.82 Å². The van der Waals surface area contributed by atoms with Crippen LogP contribution in [0.1, 0.15) is 28.2 Å². The Labute approximate surface area is 177 Å². The number of nitrogens with one attached hydrogen (secondary N) is 1. The summed E-state index contributed by atoms with van der Waals surface area (Å²) in [5.74, 6) is 0.599. The molecular formula is C21H20BrN3O3S.